The first kappa shape index (κ1) is 21.8. The molecule has 9 nitrogen and oxygen atoms in total. The zero-order valence-corrected chi connectivity index (χ0v) is 19.5. The van der Waals surface area contributed by atoms with E-state index in [1.807, 2.05) is 13.0 Å². The molecule has 1 fully saturated rings. The molecule has 0 radical (unpaired) electrons. The summed E-state index contributed by atoms with van der Waals surface area (Å²) < 4.78 is 7.34. The molecular weight excluding hydrogens is 454 g/mol. The molecule has 3 aromatic heterocycles. The number of amides is 1. The summed E-state index contributed by atoms with van der Waals surface area (Å²) in [6, 6.07) is 11.6. The van der Waals surface area contributed by atoms with E-state index in [0.29, 0.717) is 40.0 Å². The molecule has 1 aliphatic heterocycles. The van der Waals surface area contributed by atoms with Gasteiger partial charge in [0.2, 0.25) is 5.13 Å². The largest absolute Gasteiger partial charge is 0.505 e. The average molecular weight is 476 g/mol. The van der Waals surface area contributed by atoms with Crippen molar-refractivity contribution in [1.29, 1.82) is 0 Å². The lowest BCUT2D eigenvalue weighted by Gasteiger charge is -2.23. The van der Waals surface area contributed by atoms with Crippen LogP contribution in [0.25, 0.3) is 11.4 Å². The maximum atomic E-state index is 13.4. The fraction of sp³-hybridized carbons (Fsp3) is 0.208. The van der Waals surface area contributed by atoms with Crippen molar-refractivity contribution in [3.05, 3.63) is 76.2 Å². The minimum Gasteiger partial charge on any atom is -0.505 e. The highest BCUT2D eigenvalue weighted by Crippen LogP contribution is 2.43. The first-order chi connectivity index (χ1) is 16.4. The third-order valence-electron chi connectivity index (χ3n) is 5.58. The Morgan fingerprint density at radius 3 is 2.71 bits per heavy atom. The van der Waals surface area contributed by atoms with Crippen LogP contribution in [0, 0.1) is 13.8 Å². The highest BCUT2D eigenvalue weighted by atomic mass is 32.1. The second kappa shape index (κ2) is 8.38. The summed E-state index contributed by atoms with van der Waals surface area (Å²) in [4.78, 5) is 32.4. The lowest BCUT2D eigenvalue weighted by molar-refractivity contribution is -0.132. The Hall–Kier alpha value is -4.05. The number of benzene rings is 1. The topological polar surface area (TPSA) is 110 Å². The summed E-state index contributed by atoms with van der Waals surface area (Å²) in [7, 11) is 0. The number of nitrogens with zero attached hydrogens (tertiary/aromatic N) is 5. The number of anilines is 1. The van der Waals surface area contributed by atoms with E-state index in [4.69, 9.17) is 4.74 Å². The van der Waals surface area contributed by atoms with Crippen LogP contribution in [-0.2, 0) is 9.59 Å². The van der Waals surface area contributed by atoms with Crippen LogP contribution in [0.5, 0.6) is 5.75 Å². The highest BCUT2D eigenvalue weighted by Gasteiger charge is 2.48. The molecular formula is C24H21N5O4S. The molecule has 1 aromatic carbocycles. The number of aliphatic hydroxyl groups excluding tert-OH is 1. The summed E-state index contributed by atoms with van der Waals surface area (Å²) >= 11 is 1.20. The number of hydrogen-bond acceptors (Lipinski definition) is 8. The maximum absolute atomic E-state index is 13.4. The van der Waals surface area contributed by atoms with Crippen LogP contribution in [0.15, 0.2) is 54.2 Å². The Morgan fingerprint density at radius 1 is 1.15 bits per heavy atom. The number of aliphatic hydroxyl groups is 1. The molecule has 0 aliphatic carbocycles. The molecule has 0 saturated carbocycles. The third kappa shape index (κ3) is 3.43. The number of carbonyl (C=O) groups excluding carboxylic acids is 2. The second-order valence-corrected chi connectivity index (χ2v) is 8.91. The van der Waals surface area contributed by atoms with Crippen molar-refractivity contribution in [2.75, 3.05) is 11.5 Å². The van der Waals surface area contributed by atoms with Crippen molar-refractivity contribution in [2.24, 2.45) is 0 Å². The Bertz CT molecular complexity index is 1470. The number of fused-ring (bicyclic) bond motifs is 1. The Morgan fingerprint density at radius 2 is 1.97 bits per heavy atom. The standard InChI is InChI=1S/C24H21N5O4S/c1-4-33-16-9-7-8-15(12-16)20-18(22(31)23(32)29(20)24-27-26-14(3)34-24)21(30)19-13(2)25-17-10-5-6-11-28(17)19/h5-12,20,30H,4H2,1-3H3/b21-18+. The quantitative estimate of drug-likeness (QED) is 0.265. The minimum absolute atomic E-state index is 0.0414. The number of carbonyl (C=O) groups is 2. The predicted octanol–water partition coefficient (Wildman–Crippen LogP) is 3.83. The van der Waals surface area contributed by atoms with Crippen molar-refractivity contribution in [3.8, 4) is 5.75 Å². The minimum atomic E-state index is -0.915. The van der Waals surface area contributed by atoms with Gasteiger partial charge in [0.25, 0.3) is 5.78 Å². The number of imidazole rings is 1. The van der Waals surface area contributed by atoms with Gasteiger partial charge in [0.15, 0.2) is 5.76 Å². The zero-order valence-electron chi connectivity index (χ0n) is 18.7. The Balaban J connectivity index is 1.77. The second-order valence-electron chi connectivity index (χ2n) is 7.75. The van der Waals surface area contributed by atoms with Gasteiger partial charge in [-0.2, -0.15) is 0 Å². The van der Waals surface area contributed by atoms with Gasteiger partial charge in [-0.3, -0.25) is 18.9 Å². The van der Waals surface area contributed by atoms with Gasteiger partial charge in [-0.25, -0.2) is 4.98 Å². The van der Waals surface area contributed by atoms with Gasteiger partial charge in [0.05, 0.1) is 23.9 Å². The summed E-state index contributed by atoms with van der Waals surface area (Å²) in [6.45, 7) is 5.84. The lowest BCUT2D eigenvalue weighted by Crippen LogP contribution is -2.29. The maximum Gasteiger partial charge on any atom is 0.301 e. The van der Waals surface area contributed by atoms with Crippen molar-refractivity contribution in [2.45, 2.75) is 26.8 Å². The number of aromatic nitrogens is 4. The highest BCUT2D eigenvalue weighted by molar-refractivity contribution is 7.15. The summed E-state index contributed by atoms with van der Waals surface area (Å²) in [5.41, 5.74) is 2.06. The van der Waals surface area contributed by atoms with E-state index >= 15 is 0 Å². The Labute approximate surface area is 199 Å². The number of ketones is 1. The molecule has 0 spiro atoms. The van der Waals surface area contributed by atoms with Crippen molar-refractivity contribution in [1.82, 2.24) is 19.6 Å². The molecule has 10 heteroatoms. The fourth-order valence-corrected chi connectivity index (χ4v) is 4.91. The van der Waals surface area contributed by atoms with E-state index in [0.717, 1.165) is 0 Å². The molecule has 172 valence electrons. The molecule has 1 amide bonds. The van der Waals surface area contributed by atoms with Gasteiger partial charge in [-0.05, 0) is 50.6 Å². The van der Waals surface area contributed by atoms with Gasteiger partial charge in [0, 0.05) is 6.20 Å². The van der Waals surface area contributed by atoms with E-state index in [1.165, 1.54) is 16.2 Å². The van der Waals surface area contributed by atoms with Gasteiger partial charge in [0.1, 0.15) is 22.1 Å². The van der Waals surface area contributed by atoms with Crippen molar-refractivity contribution < 1.29 is 19.4 Å². The number of rotatable bonds is 5. The van der Waals surface area contributed by atoms with Crippen molar-refractivity contribution in [3.63, 3.8) is 0 Å². The monoisotopic (exact) mass is 475 g/mol. The molecule has 4 aromatic rings. The SMILES string of the molecule is CCOc1cccc(C2/C(=C(\O)c3c(C)nc4ccccn34)C(=O)C(=O)N2c2nnc(C)s2)c1. The molecule has 1 atom stereocenters. The number of pyridine rings is 1. The summed E-state index contributed by atoms with van der Waals surface area (Å²) in [5, 5.41) is 20.6. The van der Waals surface area contributed by atoms with Crippen molar-refractivity contribution >= 4 is 39.6 Å². The number of hydrogen-bond donors (Lipinski definition) is 1. The average Bonchev–Trinajstić information content (AvgIpc) is 3.47. The van der Waals surface area contributed by atoms with E-state index in [1.54, 1.807) is 60.8 Å². The predicted molar refractivity (Wildman–Crippen MR) is 127 cm³/mol. The summed E-state index contributed by atoms with van der Waals surface area (Å²) in [5.74, 6) is -1.30. The van der Waals surface area contributed by atoms with Crippen LogP contribution < -0.4 is 9.64 Å². The van der Waals surface area contributed by atoms with Gasteiger partial charge >= 0.3 is 5.91 Å². The molecule has 1 aliphatic rings. The molecule has 4 heterocycles. The number of aryl methyl sites for hydroxylation is 2. The molecule has 0 bridgehead atoms. The van der Waals surface area contributed by atoms with E-state index in [9.17, 15) is 14.7 Å². The summed E-state index contributed by atoms with van der Waals surface area (Å²) in [6.07, 6.45) is 1.75. The van der Waals surface area contributed by atoms with Crippen LogP contribution in [0.1, 0.15) is 34.9 Å². The van der Waals surface area contributed by atoms with Gasteiger partial charge < -0.3 is 9.84 Å². The Kier molecular flexibility index (Phi) is 5.37. The molecule has 1 unspecified atom stereocenters. The van der Waals surface area contributed by atoms with Gasteiger partial charge in [-0.15, -0.1) is 10.2 Å². The van der Waals surface area contributed by atoms with Crippen LogP contribution in [0.3, 0.4) is 0 Å². The molecule has 34 heavy (non-hydrogen) atoms. The molecule has 1 N–H and O–H groups in total. The third-order valence-corrected chi connectivity index (χ3v) is 6.42. The first-order valence-electron chi connectivity index (χ1n) is 10.7. The van der Waals surface area contributed by atoms with Crippen LogP contribution in [-0.4, -0.2) is 43.0 Å². The first-order valence-corrected chi connectivity index (χ1v) is 11.5. The van der Waals surface area contributed by atoms with Gasteiger partial charge in [-0.1, -0.05) is 29.5 Å². The smallest absolute Gasteiger partial charge is 0.301 e. The number of Topliss-reactive ketones (excluding diaryl/α,β-unsaturated/α-hetero) is 1. The molecule has 5 rings (SSSR count). The zero-order chi connectivity index (χ0) is 24.0. The lowest BCUT2D eigenvalue weighted by atomic mass is 9.96. The van der Waals surface area contributed by atoms with Crippen LogP contribution in [0.4, 0.5) is 5.13 Å². The number of ether oxygens (including phenoxy) is 1. The van der Waals surface area contributed by atoms with Crippen LogP contribution in [0.2, 0.25) is 0 Å². The van der Waals surface area contributed by atoms with Crippen LogP contribution >= 0.6 is 11.3 Å². The molecule has 1 saturated heterocycles. The fourth-order valence-electron chi connectivity index (χ4n) is 4.20. The van der Waals surface area contributed by atoms with E-state index in [-0.39, 0.29) is 16.5 Å². The normalized spacial score (nSPS) is 17.6. The van der Waals surface area contributed by atoms with E-state index in [2.05, 4.69) is 15.2 Å². The van der Waals surface area contributed by atoms with E-state index < -0.39 is 17.7 Å².